The third-order valence-electron chi connectivity index (χ3n) is 3.46. The van der Waals surface area contributed by atoms with Gasteiger partial charge in [-0.3, -0.25) is 9.48 Å². The summed E-state index contributed by atoms with van der Waals surface area (Å²) in [6.45, 7) is 4.11. The number of aromatic nitrogens is 2. The molecule has 0 bridgehead atoms. The van der Waals surface area contributed by atoms with Gasteiger partial charge >= 0.3 is 0 Å². The van der Waals surface area contributed by atoms with E-state index in [9.17, 15) is 4.79 Å². The van der Waals surface area contributed by atoms with Crippen LogP contribution in [0.5, 0.6) is 0 Å². The van der Waals surface area contributed by atoms with Gasteiger partial charge in [-0.05, 0) is 37.4 Å². The first kappa shape index (κ1) is 14.6. The zero-order valence-corrected chi connectivity index (χ0v) is 13.3. The Hall–Kier alpha value is -2.34. The Morgan fingerprint density at radius 1 is 1.45 bits per heavy atom. The number of furan rings is 1. The van der Waals surface area contributed by atoms with Crippen LogP contribution >= 0.6 is 11.3 Å². The molecule has 3 aromatic rings. The van der Waals surface area contributed by atoms with Crippen molar-refractivity contribution in [3.8, 4) is 0 Å². The van der Waals surface area contributed by atoms with Crippen LogP contribution in [0, 0.1) is 13.8 Å². The summed E-state index contributed by atoms with van der Waals surface area (Å²) < 4.78 is 7.27. The summed E-state index contributed by atoms with van der Waals surface area (Å²) in [6, 6.07) is 7.69. The van der Waals surface area contributed by atoms with Crippen molar-refractivity contribution in [2.75, 3.05) is 6.54 Å². The number of thiophene rings is 1. The lowest BCUT2D eigenvalue weighted by Gasteiger charge is -2.17. The maximum absolute atomic E-state index is 12.3. The second kappa shape index (κ2) is 6.19. The molecule has 0 saturated carbocycles. The van der Waals surface area contributed by atoms with Crippen molar-refractivity contribution in [1.82, 2.24) is 15.1 Å². The molecule has 3 aromatic heterocycles. The van der Waals surface area contributed by atoms with Crippen LogP contribution in [-0.2, 0) is 0 Å². The molecule has 114 valence electrons. The van der Waals surface area contributed by atoms with Gasteiger partial charge in [0.15, 0.2) is 0 Å². The molecule has 22 heavy (non-hydrogen) atoms. The van der Waals surface area contributed by atoms with Crippen LogP contribution in [-0.4, -0.2) is 22.2 Å². The van der Waals surface area contributed by atoms with E-state index in [4.69, 9.17) is 4.42 Å². The predicted molar refractivity (Wildman–Crippen MR) is 85.2 cm³/mol. The number of rotatable bonds is 5. The van der Waals surface area contributed by atoms with Crippen LogP contribution in [0.2, 0.25) is 0 Å². The van der Waals surface area contributed by atoms with Crippen molar-refractivity contribution >= 4 is 17.2 Å². The van der Waals surface area contributed by atoms with Crippen LogP contribution in [0.15, 0.2) is 46.5 Å². The zero-order valence-electron chi connectivity index (χ0n) is 12.4. The van der Waals surface area contributed by atoms with Crippen molar-refractivity contribution in [2.45, 2.75) is 19.9 Å². The molecule has 0 radical (unpaired) electrons. The normalized spacial score (nSPS) is 12.3. The van der Waals surface area contributed by atoms with Gasteiger partial charge in [0.05, 0.1) is 5.56 Å². The molecule has 1 amide bonds. The quantitative estimate of drug-likeness (QED) is 0.786. The minimum absolute atomic E-state index is 0.00717. The topological polar surface area (TPSA) is 60.1 Å². The van der Waals surface area contributed by atoms with Gasteiger partial charge in [0.25, 0.3) is 5.91 Å². The number of hydrogen-bond acceptors (Lipinski definition) is 4. The molecule has 0 spiro atoms. The third kappa shape index (κ3) is 2.96. The Morgan fingerprint density at radius 2 is 2.32 bits per heavy atom. The van der Waals surface area contributed by atoms with Crippen molar-refractivity contribution in [1.29, 1.82) is 0 Å². The van der Waals surface area contributed by atoms with Crippen LogP contribution in [0.25, 0.3) is 0 Å². The average Bonchev–Trinajstić information content (AvgIpc) is 3.21. The monoisotopic (exact) mass is 315 g/mol. The SMILES string of the molecule is Cc1cc(C(=O)NCC(c2cccs2)n2cccn2)c(C)o1. The molecule has 0 aliphatic rings. The lowest BCUT2D eigenvalue weighted by Crippen LogP contribution is -2.31. The van der Waals surface area contributed by atoms with Gasteiger partial charge in [-0.2, -0.15) is 5.10 Å². The number of hydrogen-bond donors (Lipinski definition) is 1. The van der Waals surface area contributed by atoms with E-state index >= 15 is 0 Å². The average molecular weight is 315 g/mol. The fraction of sp³-hybridized carbons (Fsp3) is 0.250. The summed E-state index contributed by atoms with van der Waals surface area (Å²) >= 11 is 1.65. The number of nitrogens with zero attached hydrogens (tertiary/aromatic N) is 2. The largest absolute Gasteiger partial charge is 0.466 e. The molecule has 5 nitrogen and oxygen atoms in total. The van der Waals surface area contributed by atoms with E-state index in [0.29, 0.717) is 17.9 Å². The Morgan fingerprint density at radius 3 is 2.91 bits per heavy atom. The Kier molecular flexibility index (Phi) is 4.11. The number of nitrogens with one attached hydrogen (secondary N) is 1. The van der Waals surface area contributed by atoms with Crippen molar-refractivity contribution < 1.29 is 9.21 Å². The molecule has 6 heteroatoms. The Bertz CT molecular complexity index is 710. The summed E-state index contributed by atoms with van der Waals surface area (Å²) in [5.41, 5.74) is 0.586. The van der Waals surface area contributed by atoms with Gasteiger partial charge in [0.2, 0.25) is 0 Å². The van der Waals surface area contributed by atoms with Gasteiger partial charge in [0.1, 0.15) is 17.6 Å². The molecule has 0 saturated heterocycles. The molecule has 1 unspecified atom stereocenters. The lowest BCUT2D eigenvalue weighted by molar-refractivity contribution is 0.0948. The van der Waals surface area contributed by atoms with E-state index in [-0.39, 0.29) is 11.9 Å². The summed E-state index contributed by atoms with van der Waals surface area (Å²) in [6.07, 6.45) is 3.65. The van der Waals surface area contributed by atoms with Crippen LogP contribution in [0.3, 0.4) is 0 Å². The van der Waals surface area contributed by atoms with Crippen molar-refractivity contribution in [3.63, 3.8) is 0 Å². The Balaban J connectivity index is 1.75. The van der Waals surface area contributed by atoms with Crippen molar-refractivity contribution in [2.24, 2.45) is 0 Å². The summed E-state index contributed by atoms with van der Waals surface area (Å²) in [7, 11) is 0. The maximum atomic E-state index is 12.3. The molecular formula is C16H17N3O2S. The van der Waals surface area contributed by atoms with Gasteiger partial charge < -0.3 is 9.73 Å². The van der Waals surface area contributed by atoms with Gasteiger partial charge in [-0.1, -0.05) is 6.07 Å². The summed E-state index contributed by atoms with van der Waals surface area (Å²) in [5, 5.41) is 9.30. The summed E-state index contributed by atoms with van der Waals surface area (Å²) in [5.74, 6) is 1.26. The smallest absolute Gasteiger partial charge is 0.254 e. The highest BCUT2D eigenvalue weighted by molar-refractivity contribution is 7.10. The minimum Gasteiger partial charge on any atom is -0.466 e. The second-order valence-corrected chi connectivity index (χ2v) is 6.03. The molecule has 3 heterocycles. The molecule has 1 atom stereocenters. The fourth-order valence-electron chi connectivity index (χ4n) is 2.41. The van der Waals surface area contributed by atoms with E-state index < -0.39 is 0 Å². The summed E-state index contributed by atoms with van der Waals surface area (Å²) in [4.78, 5) is 13.5. The Labute approximate surface area is 132 Å². The van der Waals surface area contributed by atoms with Gasteiger partial charge in [0, 0.05) is 23.8 Å². The zero-order chi connectivity index (χ0) is 15.5. The first-order chi connectivity index (χ1) is 10.6. The maximum Gasteiger partial charge on any atom is 0.254 e. The number of carbonyl (C=O) groups excluding carboxylic acids is 1. The first-order valence-corrected chi connectivity index (χ1v) is 7.91. The molecule has 3 rings (SSSR count). The van der Waals surface area contributed by atoms with E-state index in [1.54, 1.807) is 30.5 Å². The number of amides is 1. The van der Waals surface area contributed by atoms with E-state index in [2.05, 4.69) is 16.5 Å². The molecular weight excluding hydrogens is 298 g/mol. The highest BCUT2D eigenvalue weighted by Gasteiger charge is 2.19. The highest BCUT2D eigenvalue weighted by Crippen LogP contribution is 2.22. The molecule has 1 N–H and O–H groups in total. The molecule has 0 aromatic carbocycles. The lowest BCUT2D eigenvalue weighted by atomic mass is 10.2. The first-order valence-electron chi connectivity index (χ1n) is 7.03. The number of carbonyl (C=O) groups is 1. The van der Waals surface area contributed by atoms with Crippen LogP contribution < -0.4 is 5.32 Å². The molecule has 0 aliphatic carbocycles. The fourth-order valence-corrected chi connectivity index (χ4v) is 3.23. The molecule has 0 aliphatic heterocycles. The second-order valence-electron chi connectivity index (χ2n) is 5.05. The predicted octanol–water partition coefficient (Wildman–Crippen LogP) is 3.17. The highest BCUT2D eigenvalue weighted by atomic mass is 32.1. The molecule has 0 fully saturated rings. The van der Waals surface area contributed by atoms with E-state index in [0.717, 1.165) is 10.6 Å². The van der Waals surface area contributed by atoms with Crippen molar-refractivity contribution in [3.05, 3.63) is 64.0 Å². The minimum atomic E-state index is -0.122. The van der Waals surface area contributed by atoms with Crippen LogP contribution in [0.4, 0.5) is 0 Å². The van der Waals surface area contributed by atoms with Crippen LogP contribution in [0.1, 0.15) is 32.8 Å². The third-order valence-corrected chi connectivity index (χ3v) is 4.43. The number of aryl methyl sites for hydroxylation is 2. The van der Waals surface area contributed by atoms with E-state index in [1.165, 1.54) is 0 Å². The van der Waals surface area contributed by atoms with E-state index in [1.807, 2.05) is 35.3 Å². The van der Waals surface area contributed by atoms with Gasteiger partial charge in [-0.15, -0.1) is 11.3 Å². The van der Waals surface area contributed by atoms with Gasteiger partial charge in [-0.25, -0.2) is 0 Å². The standard InChI is InChI=1S/C16H17N3O2S/c1-11-9-13(12(2)21-11)16(20)17-10-14(15-5-3-8-22-15)19-7-4-6-18-19/h3-9,14H,10H2,1-2H3,(H,17,20).